The van der Waals surface area contributed by atoms with Crippen LogP contribution in [-0.4, -0.2) is 39.7 Å². The van der Waals surface area contributed by atoms with Crippen LogP contribution in [-0.2, 0) is 0 Å². The number of hydrogen-bond acceptors (Lipinski definition) is 2. The van der Waals surface area contributed by atoms with Gasteiger partial charge in [-0.2, -0.15) is 0 Å². The van der Waals surface area contributed by atoms with Crippen LogP contribution in [0.4, 0.5) is 0 Å². The Labute approximate surface area is 127 Å². The lowest BCUT2D eigenvalue weighted by Gasteiger charge is -2.33. The van der Waals surface area contributed by atoms with E-state index in [1.165, 1.54) is 12.8 Å². The highest BCUT2D eigenvalue weighted by molar-refractivity contribution is 9.10. The van der Waals surface area contributed by atoms with Crippen LogP contribution in [0.1, 0.15) is 49.1 Å². The summed E-state index contributed by atoms with van der Waals surface area (Å²) in [4.78, 5) is 14.6. The summed E-state index contributed by atoms with van der Waals surface area (Å²) in [5.41, 5.74) is 0.801. The highest BCUT2D eigenvalue weighted by Gasteiger charge is 2.31. The fraction of sp³-hybridized carbons (Fsp3) is 0.667. The van der Waals surface area contributed by atoms with Crippen molar-refractivity contribution < 1.29 is 9.90 Å². The molecule has 1 unspecified atom stereocenters. The Morgan fingerprint density at radius 2 is 2.00 bits per heavy atom. The molecule has 1 N–H and O–H groups in total. The quantitative estimate of drug-likeness (QED) is 0.919. The lowest BCUT2D eigenvalue weighted by atomic mass is 9.92. The van der Waals surface area contributed by atoms with Gasteiger partial charge in [-0.3, -0.25) is 4.79 Å². The molecule has 1 aromatic rings. The molecule has 5 heteroatoms. The van der Waals surface area contributed by atoms with Crippen molar-refractivity contribution in [1.29, 1.82) is 0 Å². The molecule has 2 heterocycles. The fourth-order valence-electron chi connectivity index (χ4n) is 3.02. The van der Waals surface area contributed by atoms with Gasteiger partial charge in [0.1, 0.15) is 5.69 Å². The average molecular weight is 341 g/mol. The summed E-state index contributed by atoms with van der Waals surface area (Å²) >= 11 is 3.48. The van der Waals surface area contributed by atoms with Gasteiger partial charge in [-0.25, -0.2) is 0 Å². The van der Waals surface area contributed by atoms with Crippen molar-refractivity contribution in [3.05, 3.63) is 22.4 Å². The summed E-state index contributed by atoms with van der Waals surface area (Å²) in [6.45, 7) is 3.35. The maximum atomic E-state index is 12.7. The minimum atomic E-state index is -0.267. The molecule has 1 amide bonds. The first kappa shape index (κ1) is 14.1. The lowest BCUT2D eigenvalue weighted by Crippen LogP contribution is -2.41. The van der Waals surface area contributed by atoms with Crippen LogP contribution >= 0.6 is 15.9 Å². The van der Waals surface area contributed by atoms with Crippen LogP contribution in [0, 0.1) is 5.92 Å². The monoisotopic (exact) mass is 340 g/mol. The van der Waals surface area contributed by atoms with Gasteiger partial charge < -0.3 is 14.6 Å². The number of amides is 1. The van der Waals surface area contributed by atoms with Crippen LogP contribution in [0.2, 0.25) is 0 Å². The zero-order valence-electron chi connectivity index (χ0n) is 11.8. The van der Waals surface area contributed by atoms with Crippen molar-refractivity contribution in [3.63, 3.8) is 0 Å². The number of aliphatic hydroxyl groups is 1. The number of aliphatic hydroxyl groups excluding tert-OH is 1. The van der Waals surface area contributed by atoms with Crippen molar-refractivity contribution in [2.45, 2.75) is 44.8 Å². The minimum Gasteiger partial charge on any atom is -0.393 e. The highest BCUT2D eigenvalue weighted by Crippen LogP contribution is 2.38. The molecule has 1 aromatic heterocycles. The van der Waals surface area contributed by atoms with Gasteiger partial charge >= 0.3 is 0 Å². The number of hydrogen-bond donors (Lipinski definition) is 1. The van der Waals surface area contributed by atoms with E-state index in [4.69, 9.17) is 0 Å². The molecule has 0 spiro atoms. The summed E-state index contributed by atoms with van der Waals surface area (Å²) in [6.07, 6.45) is 5.89. The predicted molar refractivity (Wildman–Crippen MR) is 80.7 cm³/mol. The Hall–Kier alpha value is -0.810. The summed E-state index contributed by atoms with van der Waals surface area (Å²) < 4.78 is 3.10. The summed E-state index contributed by atoms with van der Waals surface area (Å²) in [6, 6.07) is 2.44. The third kappa shape index (κ3) is 2.79. The van der Waals surface area contributed by atoms with E-state index in [9.17, 15) is 9.90 Å². The fourth-order valence-corrected chi connectivity index (χ4v) is 3.46. The molecule has 0 radical (unpaired) electrons. The maximum absolute atomic E-state index is 12.7. The molecular formula is C15H21BrN2O2. The number of likely N-dealkylation sites (tertiary alicyclic amines) is 1. The molecule has 110 valence electrons. The number of aromatic nitrogens is 1. The van der Waals surface area contributed by atoms with Crippen molar-refractivity contribution >= 4 is 21.8 Å². The topological polar surface area (TPSA) is 45.5 Å². The third-order valence-corrected chi connectivity index (χ3v) is 4.92. The Bertz CT molecular complexity index is 500. The summed E-state index contributed by atoms with van der Waals surface area (Å²) in [5.74, 6) is 0.465. The first-order valence-corrected chi connectivity index (χ1v) is 8.20. The molecule has 2 aliphatic rings. The zero-order chi connectivity index (χ0) is 14.3. The van der Waals surface area contributed by atoms with E-state index in [-0.39, 0.29) is 12.0 Å². The Morgan fingerprint density at radius 1 is 1.35 bits per heavy atom. The van der Waals surface area contributed by atoms with Gasteiger partial charge in [0.2, 0.25) is 0 Å². The molecule has 1 aliphatic carbocycles. The van der Waals surface area contributed by atoms with E-state index in [0.717, 1.165) is 36.1 Å². The van der Waals surface area contributed by atoms with Crippen LogP contribution in [0.3, 0.4) is 0 Å². The van der Waals surface area contributed by atoms with Gasteiger partial charge in [-0.15, -0.1) is 0 Å². The second-order valence-corrected chi connectivity index (χ2v) is 6.97. The lowest BCUT2D eigenvalue weighted by molar-refractivity contribution is 0.0513. The molecule has 1 atom stereocenters. The standard InChI is InChI=1S/C15H21BrN2O2/c1-10(19)11-4-6-17(7-5-11)15(20)14-8-12(16)9-18(14)13-2-3-13/h8-11,13,19H,2-7H2,1H3. The van der Waals surface area contributed by atoms with Crippen molar-refractivity contribution in [1.82, 2.24) is 9.47 Å². The van der Waals surface area contributed by atoms with Crippen LogP contribution < -0.4 is 0 Å². The first-order valence-electron chi connectivity index (χ1n) is 7.41. The van der Waals surface area contributed by atoms with Gasteiger partial charge in [0.15, 0.2) is 0 Å². The van der Waals surface area contributed by atoms with Gasteiger partial charge in [0, 0.05) is 29.8 Å². The third-order valence-electron chi connectivity index (χ3n) is 4.48. The second kappa shape index (κ2) is 5.53. The summed E-state index contributed by atoms with van der Waals surface area (Å²) in [5, 5.41) is 9.63. The van der Waals surface area contributed by atoms with Crippen LogP contribution in [0.15, 0.2) is 16.7 Å². The van der Waals surface area contributed by atoms with Crippen molar-refractivity contribution in [2.24, 2.45) is 5.92 Å². The van der Waals surface area contributed by atoms with E-state index in [0.29, 0.717) is 12.0 Å². The predicted octanol–water partition coefficient (Wildman–Crippen LogP) is 2.82. The Kier molecular flexibility index (Phi) is 3.91. The van der Waals surface area contributed by atoms with E-state index >= 15 is 0 Å². The number of piperidine rings is 1. The van der Waals surface area contributed by atoms with E-state index in [2.05, 4.69) is 20.5 Å². The van der Waals surface area contributed by atoms with Gasteiger partial charge in [0.05, 0.1) is 6.10 Å². The first-order chi connectivity index (χ1) is 9.56. The SMILES string of the molecule is CC(O)C1CCN(C(=O)c2cc(Br)cn2C2CC2)CC1. The molecule has 2 fully saturated rings. The number of rotatable bonds is 3. The molecule has 1 aliphatic heterocycles. The number of carbonyl (C=O) groups is 1. The molecule has 3 rings (SSSR count). The summed E-state index contributed by atoms with van der Waals surface area (Å²) in [7, 11) is 0. The van der Waals surface area contributed by atoms with E-state index in [1.807, 2.05) is 24.1 Å². The van der Waals surface area contributed by atoms with Gasteiger partial charge in [0.25, 0.3) is 5.91 Å². The second-order valence-electron chi connectivity index (χ2n) is 6.05. The smallest absolute Gasteiger partial charge is 0.270 e. The molecule has 1 saturated carbocycles. The van der Waals surface area contributed by atoms with Gasteiger partial charge in [-0.05, 0) is 60.5 Å². The maximum Gasteiger partial charge on any atom is 0.270 e. The molecule has 20 heavy (non-hydrogen) atoms. The normalized spacial score (nSPS) is 22.1. The molecule has 0 aromatic carbocycles. The Balaban J connectivity index is 1.70. The van der Waals surface area contributed by atoms with Crippen LogP contribution in [0.25, 0.3) is 0 Å². The van der Waals surface area contributed by atoms with E-state index < -0.39 is 0 Å². The average Bonchev–Trinajstić information content (AvgIpc) is 3.21. The van der Waals surface area contributed by atoms with Crippen molar-refractivity contribution in [2.75, 3.05) is 13.1 Å². The number of nitrogens with zero attached hydrogens (tertiary/aromatic N) is 2. The van der Waals surface area contributed by atoms with Crippen LogP contribution in [0.5, 0.6) is 0 Å². The molecule has 0 bridgehead atoms. The zero-order valence-corrected chi connectivity index (χ0v) is 13.3. The van der Waals surface area contributed by atoms with Gasteiger partial charge in [-0.1, -0.05) is 0 Å². The molecule has 4 nitrogen and oxygen atoms in total. The highest BCUT2D eigenvalue weighted by atomic mass is 79.9. The number of carbonyl (C=O) groups excluding carboxylic acids is 1. The van der Waals surface area contributed by atoms with Crippen molar-refractivity contribution in [3.8, 4) is 0 Å². The number of halogens is 1. The molecular weight excluding hydrogens is 320 g/mol. The largest absolute Gasteiger partial charge is 0.393 e. The Morgan fingerprint density at radius 3 is 2.55 bits per heavy atom. The molecule has 1 saturated heterocycles. The van der Waals surface area contributed by atoms with E-state index in [1.54, 1.807) is 0 Å². The minimum absolute atomic E-state index is 0.131.